The number of hydrogen-bond acceptors (Lipinski definition) is 6. The number of sulfonamides is 1. The van der Waals surface area contributed by atoms with Gasteiger partial charge in [-0.15, -0.1) is 0 Å². The molecular weight excluding hydrogens is 415 g/mol. The van der Waals surface area contributed by atoms with E-state index >= 15 is 0 Å². The van der Waals surface area contributed by atoms with Crippen molar-refractivity contribution in [2.75, 3.05) is 40.5 Å². The maximum absolute atomic E-state index is 14.3. The van der Waals surface area contributed by atoms with Crippen molar-refractivity contribution in [2.45, 2.75) is 11.4 Å². The van der Waals surface area contributed by atoms with Crippen molar-refractivity contribution in [1.82, 2.24) is 9.62 Å². The first-order chi connectivity index (χ1) is 14.4. The average molecular weight is 438 g/mol. The molecule has 0 spiro atoms. The third-order valence-electron chi connectivity index (χ3n) is 4.69. The van der Waals surface area contributed by atoms with Crippen molar-refractivity contribution in [3.63, 3.8) is 0 Å². The summed E-state index contributed by atoms with van der Waals surface area (Å²) in [5, 5.41) is 2.60. The van der Waals surface area contributed by atoms with Gasteiger partial charge in [0.1, 0.15) is 5.82 Å². The summed E-state index contributed by atoms with van der Waals surface area (Å²) in [5.41, 5.74) is 0.364. The van der Waals surface area contributed by atoms with Crippen molar-refractivity contribution in [1.29, 1.82) is 0 Å². The predicted octanol–water partition coefficient (Wildman–Crippen LogP) is 1.79. The monoisotopic (exact) mass is 438 g/mol. The zero-order valence-corrected chi connectivity index (χ0v) is 17.5. The fraction of sp³-hybridized carbons (Fsp3) is 0.350. The molecule has 0 saturated carbocycles. The molecule has 1 aliphatic rings. The van der Waals surface area contributed by atoms with Gasteiger partial charge in [0.25, 0.3) is 5.91 Å². The van der Waals surface area contributed by atoms with E-state index in [4.69, 9.17) is 14.2 Å². The Morgan fingerprint density at radius 2 is 1.80 bits per heavy atom. The number of methoxy groups -OCH3 is 2. The molecule has 30 heavy (non-hydrogen) atoms. The lowest BCUT2D eigenvalue weighted by atomic mass is 10.1. The third-order valence-corrected chi connectivity index (χ3v) is 6.59. The molecule has 10 heteroatoms. The van der Waals surface area contributed by atoms with Crippen LogP contribution in [0.5, 0.6) is 11.5 Å². The summed E-state index contributed by atoms with van der Waals surface area (Å²) in [4.78, 5) is 12.4. The quantitative estimate of drug-likeness (QED) is 0.709. The molecule has 162 valence electrons. The second-order valence-corrected chi connectivity index (χ2v) is 8.47. The van der Waals surface area contributed by atoms with Crippen LogP contribution < -0.4 is 14.8 Å². The zero-order chi connectivity index (χ0) is 21.7. The number of benzene rings is 2. The molecule has 0 bridgehead atoms. The van der Waals surface area contributed by atoms with Crippen LogP contribution in [0.15, 0.2) is 41.3 Å². The SMILES string of the molecule is COc1ccc(CNC(=O)c2cc(S(=O)(=O)N3CCOCC3)ccc2F)cc1OC. The zero-order valence-electron chi connectivity index (χ0n) is 16.7. The van der Waals surface area contributed by atoms with E-state index in [2.05, 4.69) is 5.32 Å². The number of hydrogen-bond donors (Lipinski definition) is 1. The molecule has 2 aromatic rings. The molecule has 0 atom stereocenters. The van der Waals surface area contributed by atoms with Crippen molar-refractivity contribution < 1.29 is 31.8 Å². The lowest BCUT2D eigenvalue weighted by Crippen LogP contribution is -2.40. The average Bonchev–Trinajstić information content (AvgIpc) is 2.77. The van der Waals surface area contributed by atoms with E-state index in [9.17, 15) is 17.6 Å². The van der Waals surface area contributed by atoms with Crippen LogP contribution in [0.4, 0.5) is 4.39 Å². The second-order valence-electron chi connectivity index (χ2n) is 6.53. The molecule has 2 aromatic carbocycles. The Morgan fingerprint density at radius 3 is 2.47 bits per heavy atom. The molecule has 0 unspecified atom stereocenters. The lowest BCUT2D eigenvalue weighted by molar-refractivity contribution is 0.0730. The summed E-state index contributed by atoms with van der Waals surface area (Å²) >= 11 is 0. The van der Waals surface area contributed by atoms with Crippen LogP contribution in [0.3, 0.4) is 0 Å². The van der Waals surface area contributed by atoms with Gasteiger partial charge in [0, 0.05) is 19.6 Å². The minimum Gasteiger partial charge on any atom is -0.493 e. The highest BCUT2D eigenvalue weighted by Gasteiger charge is 2.27. The van der Waals surface area contributed by atoms with E-state index in [0.29, 0.717) is 30.3 Å². The topological polar surface area (TPSA) is 94.2 Å². The van der Waals surface area contributed by atoms with E-state index in [-0.39, 0.29) is 30.1 Å². The Morgan fingerprint density at radius 1 is 1.10 bits per heavy atom. The molecule has 1 aliphatic heterocycles. The molecule has 0 aromatic heterocycles. The Balaban J connectivity index is 1.77. The van der Waals surface area contributed by atoms with Crippen LogP contribution in [0, 0.1) is 5.82 Å². The number of halogens is 1. The number of ether oxygens (including phenoxy) is 3. The van der Waals surface area contributed by atoms with Crippen molar-refractivity contribution >= 4 is 15.9 Å². The van der Waals surface area contributed by atoms with Crippen LogP contribution >= 0.6 is 0 Å². The molecule has 1 amide bonds. The van der Waals surface area contributed by atoms with Gasteiger partial charge in [0.15, 0.2) is 11.5 Å². The van der Waals surface area contributed by atoms with E-state index < -0.39 is 21.7 Å². The minimum atomic E-state index is -3.84. The van der Waals surface area contributed by atoms with Gasteiger partial charge in [0.2, 0.25) is 10.0 Å². The maximum Gasteiger partial charge on any atom is 0.254 e. The Hall–Kier alpha value is -2.69. The number of amides is 1. The Labute approximate surface area is 174 Å². The number of carbonyl (C=O) groups excluding carboxylic acids is 1. The fourth-order valence-corrected chi connectivity index (χ4v) is 4.48. The summed E-state index contributed by atoms with van der Waals surface area (Å²) in [6.45, 7) is 1.10. The maximum atomic E-state index is 14.3. The highest BCUT2D eigenvalue weighted by atomic mass is 32.2. The van der Waals surface area contributed by atoms with Gasteiger partial charge in [-0.3, -0.25) is 4.79 Å². The second kappa shape index (κ2) is 9.41. The van der Waals surface area contributed by atoms with Crippen molar-refractivity contribution in [2.24, 2.45) is 0 Å². The Kier molecular flexibility index (Phi) is 6.91. The summed E-state index contributed by atoms with van der Waals surface area (Å²) in [6, 6.07) is 8.32. The van der Waals surface area contributed by atoms with Crippen LogP contribution in [0.2, 0.25) is 0 Å². The highest BCUT2D eigenvalue weighted by Crippen LogP contribution is 2.27. The first-order valence-corrected chi connectivity index (χ1v) is 10.7. The van der Waals surface area contributed by atoms with E-state index in [0.717, 1.165) is 18.2 Å². The van der Waals surface area contributed by atoms with Gasteiger partial charge in [-0.2, -0.15) is 4.31 Å². The van der Waals surface area contributed by atoms with Crippen molar-refractivity contribution in [3.8, 4) is 11.5 Å². The van der Waals surface area contributed by atoms with E-state index in [1.807, 2.05) is 0 Å². The number of nitrogens with one attached hydrogen (secondary N) is 1. The van der Waals surface area contributed by atoms with Crippen LogP contribution in [-0.4, -0.2) is 59.2 Å². The van der Waals surface area contributed by atoms with Gasteiger partial charge < -0.3 is 19.5 Å². The third kappa shape index (κ3) is 4.72. The lowest BCUT2D eigenvalue weighted by Gasteiger charge is -2.26. The summed E-state index contributed by atoms with van der Waals surface area (Å²) in [5.74, 6) is -0.490. The normalized spacial score (nSPS) is 14.9. The molecule has 1 fully saturated rings. The molecule has 8 nitrogen and oxygen atoms in total. The van der Waals surface area contributed by atoms with Crippen LogP contribution in [0.1, 0.15) is 15.9 Å². The molecule has 1 heterocycles. The van der Waals surface area contributed by atoms with E-state index in [1.165, 1.54) is 18.5 Å². The van der Waals surface area contributed by atoms with Crippen LogP contribution in [-0.2, 0) is 21.3 Å². The largest absolute Gasteiger partial charge is 0.493 e. The smallest absolute Gasteiger partial charge is 0.254 e. The van der Waals surface area contributed by atoms with Gasteiger partial charge in [-0.1, -0.05) is 6.07 Å². The molecule has 0 aliphatic carbocycles. The first-order valence-electron chi connectivity index (χ1n) is 9.23. The minimum absolute atomic E-state index is 0.0963. The van der Waals surface area contributed by atoms with Gasteiger partial charge in [-0.25, -0.2) is 12.8 Å². The van der Waals surface area contributed by atoms with Crippen molar-refractivity contribution in [3.05, 3.63) is 53.3 Å². The summed E-state index contributed by atoms with van der Waals surface area (Å²) < 4.78 is 56.6. The number of carbonyl (C=O) groups is 1. The predicted molar refractivity (Wildman–Crippen MR) is 107 cm³/mol. The molecule has 0 radical (unpaired) electrons. The van der Waals surface area contributed by atoms with Crippen LogP contribution in [0.25, 0.3) is 0 Å². The fourth-order valence-electron chi connectivity index (χ4n) is 3.04. The molecular formula is C20H23FN2O6S. The molecule has 1 saturated heterocycles. The number of rotatable bonds is 7. The number of nitrogens with zero attached hydrogens (tertiary/aromatic N) is 1. The first kappa shape index (κ1) is 22.0. The Bertz CT molecular complexity index is 1020. The van der Waals surface area contributed by atoms with Gasteiger partial charge in [-0.05, 0) is 35.9 Å². The van der Waals surface area contributed by atoms with Gasteiger partial charge >= 0.3 is 0 Å². The summed E-state index contributed by atoms with van der Waals surface area (Å²) in [7, 11) is -0.832. The number of morpholine rings is 1. The highest BCUT2D eigenvalue weighted by molar-refractivity contribution is 7.89. The molecule has 1 N–H and O–H groups in total. The van der Waals surface area contributed by atoms with Gasteiger partial charge in [0.05, 0.1) is 37.9 Å². The van der Waals surface area contributed by atoms with E-state index in [1.54, 1.807) is 18.2 Å². The summed E-state index contributed by atoms with van der Waals surface area (Å²) in [6.07, 6.45) is 0. The standard InChI is InChI=1S/C20H23FN2O6S/c1-27-18-6-3-14(11-19(18)28-2)13-22-20(24)16-12-15(4-5-17(16)21)30(25,26)23-7-9-29-10-8-23/h3-6,11-12H,7-10,13H2,1-2H3,(H,22,24). The molecule has 3 rings (SSSR count).